The van der Waals surface area contributed by atoms with Crippen molar-refractivity contribution in [1.82, 2.24) is 10.3 Å². The molecule has 0 radical (unpaired) electrons. The van der Waals surface area contributed by atoms with Crippen molar-refractivity contribution in [2.24, 2.45) is 0 Å². The minimum Gasteiger partial charge on any atom is -0.387 e. The normalized spacial score (nSPS) is 18.5. The molecule has 0 amide bonds. The first-order chi connectivity index (χ1) is 13.6. The summed E-state index contributed by atoms with van der Waals surface area (Å²) in [6, 6.07) is 8.82. The van der Waals surface area contributed by atoms with Crippen LogP contribution in [0.25, 0.3) is 6.08 Å². The lowest BCUT2D eigenvalue weighted by Crippen LogP contribution is -2.41. The Kier molecular flexibility index (Phi) is 5.53. The van der Waals surface area contributed by atoms with Crippen molar-refractivity contribution in [3.63, 3.8) is 0 Å². The Bertz CT molecular complexity index is 877. The highest BCUT2D eigenvalue weighted by Crippen LogP contribution is 2.30. The standard InChI is InChI=1S/C23H30N4O/c1-4-5-19-13-18-8-9-24-14-21(18)23(25-19)26-20-6-7-22(16(2)12-20)27-10-11-28-17(3)15-27/h6-9,12-13,17,24H,4-5,10-11,14-15H2,1-3H3,(H,25,26)/t17-/m1/s1. The van der Waals surface area contributed by atoms with Crippen molar-refractivity contribution in [2.45, 2.75) is 46.3 Å². The van der Waals surface area contributed by atoms with E-state index in [9.17, 15) is 0 Å². The molecule has 1 saturated heterocycles. The lowest BCUT2D eigenvalue weighted by atomic mass is 10.0. The van der Waals surface area contributed by atoms with Crippen LogP contribution in [0.4, 0.5) is 17.2 Å². The molecule has 2 aliphatic heterocycles. The van der Waals surface area contributed by atoms with Crippen LogP contribution >= 0.6 is 0 Å². The third-order valence-electron chi connectivity index (χ3n) is 5.42. The van der Waals surface area contributed by atoms with E-state index in [0.29, 0.717) is 0 Å². The summed E-state index contributed by atoms with van der Waals surface area (Å²) in [5.74, 6) is 0.963. The highest BCUT2D eigenvalue weighted by atomic mass is 16.5. The summed E-state index contributed by atoms with van der Waals surface area (Å²) in [4.78, 5) is 7.33. The fourth-order valence-corrected chi connectivity index (χ4v) is 4.04. The van der Waals surface area contributed by atoms with Gasteiger partial charge in [-0.05, 0) is 67.9 Å². The van der Waals surface area contributed by atoms with Gasteiger partial charge in [-0.25, -0.2) is 4.98 Å². The minimum atomic E-state index is 0.281. The molecule has 0 unspecified atom stereocenters. The van der Waals surface area contributed by atoms with Crippen LogP contribution in [0.3, 0.4) is 0 Å². The van der Waals surface area contributed by atoms with Crippen LogP contribution in [0.15, 0.2) is 30.5 Å². The predicted octanol–water partition coefficient (Wildman–Crippen LogP) is 4.39. The van der Waals surface area contributed by atoms with Crippen LogP contribution in [-0.2, 0) is 17.7 Å². The lowest BCUT2D eigenvalue weighted by molar-refractivity contribution is 0.0532. The van der Waals surface area contributed by atoms with Gasteiger partial charge in [-0.15, -0.1) is 0 Å². The number of anilines is 3. The average molecular weight is 379 g/mol. The largest absolute Gasteiger partial charge is 0.387 e. The van der Waals surface area contributed by atoms with Gasteiger partial charge in [-0.2, -0.15) is 0 Å². The molecule has 2 aromatic rings. The van der Waals surface area contributed by atoms with E-state index in [1.807, 2.05) is 6.20 Å². The third kappa shape index (κ3) is 3.99. The van der Waals surface area contributed by atoms with Crippen molar-refractivity contribution in [1.29, 1.82) is 0 Å². The van der Waals surface area contributed by atoms with Crippen LogP contribution in [0, 0.1) is 6.92 Å². The molecule has 5 heteroatoms. The molecule has 0 bridgehead atoms. The van der Waals surface area contributed by atoms with Gasteiger partial charge in [0.1, 0.15) is 5.82 Å². The molecular weight excluding hydrogens is 348 g/mol. The second-order valence-electron chi connectivity index (χ2n) is 7.75. The molecule has 1 atom stereocenters. The monoisotopic (exact) mass is 378 g/mol. The van der Waals surface area contributed by atoms with Crippen molar-refractivity contribution in [2.75, 3.05) is 29.9 Å². The summed E-state index contributed by atoms with van der Waals surface area (Å²) in [7, 11) is 0. The number of hydrogen-bond acceptors (Lipinski definition) is 5. The predicted molar refractivity (Wildman–Crippen MR) is 116 cm³/mol. The van der Waals surface area contributed by atoms with Crippen LogP contribution in [-0.4, -0.2) is 30.8 Å². The van der Waals surface area contributed by atoms with E-state index < -0.39 is 0 Å². The molecule has 0 aliphatic carbocycles. The molecule has 3 heterocycles. The van der Waals surface area contributed by atoms with Gasteiger partial charge in [0.05, 0.1) is 12.7 Å². The summed E-state index contributed by atoms with van der Waals surface area (Å²) < 4.78 is 5.68. The maximum absolute atomic E-state index is 5.68. The number of rotatable bonds is 5. The van der Waals surface area contributed by atoms with Gasteiger partial charge < -0.3 is 20.3 Å². The lowest BCUT2D eigenvalue weighted by Gasteiger charge is -2.34. The number of pyridine rings is 1. The van der Waals surface area contributed by atoms with E-state index in [-0.39, 0.29) is 6.10 Å². The van der Waals surface area contributed by atoms with Gasteiger partial charge in [-0.1, -0.05) is 13.3 Å². The molecule has 2 N–H and O–H groups in total. The molecule has 5 nitrogen and oxygen atoms in total. The first-order valence-corrected chi connectivity index (χ1v) is 10.3. The van der Waals surface area contributed by atoms with E-state index in [0.717, 1.165) is 56.3 Å². The van der Waals surface area contributed by atoms with Gasteiger partial charge in [0.25, 0.3) is 0 Å². The zero-order valence-corrected chi connectivity index (χ0v) is 17.1. The average Bonchev–Trinajstić information content (AvgIpc) is 2.68. The SMILES string of the molecule is CCCc1cc2c(c(Nc3ccc(N4CCO[C@H](C)C4)c(C)c3)n1)CNC=C2. The molecule has 1 aromatic carbocycles. The van der Waals surface area contributed by atoms with Crippen LogP contribution < -0.4 is 15.5 Å². The quantitative estimate of drug-likeness (QED) is 0.808. The fourth-order valence-electron chi connectivity index (χ4n) is 4.04. The number of nitrogens with zero attached hydrogens (tertiary/aromatic N) is 2. The van der Waals surface area contributed by atoms with Crippen LogP contribution in [0.2, 0.25) is 0 Å². The number of benzene rings is 1. The summed E-state index contributed by atoms with van der Waals surface area (Å²) in [5.41, 5.74) is 7.28. The topological polar surface area (TPSA) is 49.4 Å². The smallest absolute Gasteiger partial charge is 0.136 e. The maximum atomic E-state index is 5.68. The minimum absolute atomic E-state index is 0.281. The number of aromatic nitrogens is 1. The Morgan fingerprint density at radius 3 is 3.00 bits per heavy atom. The van der Waals surface area contributed by atoms with Crippen molar-refractivity contribution in [3.8, 4) is 0 Å². The number of hydrogen-bond donors (Lipinski definition) is 2. The molecule has 0 spiro atoms. The van der Waals surface area contributed by atoms with Crippen LogP contribution in [0.5, 0.6) is 0 Å². The number of fused-ring (bicyclic) bond motifs is 1. The van der Waals surface area contributed by atoms with E-state index >= 15 is 0 Å². The Hall–Kier alpha value is -2.53. The molecule has 148 valence electrons. The summed E-state index contributed by atoms with van der Waals surface area (Å²) in [5, 5.41) is 6.89. The van der Waals surface area contributed by atoms with Gasteiger partial charge in [0, 0.05) is 42.3 Å². The third-order valence-corrected chi connectivity index (χ3v) is 5.42. The summed E-state index contributed by atoms with van der Waals surface area (Å²) in [6.07, 6.45) is 6.53. The summed E-state index contributed by atoms with van der Waals surface area (Å²) in [6.45, 7) is 10.0. The second kappa shape index (κ2) is 8.23. The van der Waals surface area contributed by atoms with Crippen molar-refractivity contribution in [3.05, 3.63) is 52.8 Å². The van der Waals surface area contributed by atoms with E-state index in [2.05, 4.69) is 66.6 Å². The molecule has 4 rings (SSSR count). The maximum Gasteiger partial charge on any atom is 0.136 e. The number of morpholine rings is 1. The van der Waals surface area contributed by atoms with E-state index in [1.165, 1.54) is 22.4 Å². The summed E-state index contributed by atoms with van der Waals surface area (Å²) >= 11 is 0. The van der Waals surface area contributed by atoms with Crippen molar-refractivity contribution >= 4 is 23.3 Å². The Balaban J connectivity index is 1.60. The highest BCUT2D eigenvalue weighted by Gasteiger charge is 2.19. The number of aryl methyl sites for hydroxylation is 2. The first-order valence-electron chi connectivity index (χ1n) is 10.3. The molecule has 1 aromatic heterocycles. The van der Waals surface area contributed by atoms with Crippen molar-refractivity contribution < 1.29 is 4.74 Å². The zero-order chi connectivity index (χ0) is 19.5. The van der Waals surface area contributed by atoms with Gasteiger partial charge in [0.15, 0.2) is 0 Å². The second-order valence-corrected chi connectivity index (χ2v) is 7.75. The molecular formula is C23H30N4O. The molecule has 1 fully saturated rings. The fraction of sp³-hybridized carbons (Fsp3) is 0.435. The Morgan fingerprint density at radius 2 is 2.21 bits per heavy atom. The van der Waals surface area contributed by atoms with Gasteiger partial charge in [0.2, 0.25) is 0 Å². The van der Waals surface area contributed by atoms with E-state index in [4.69, 9.17) is 9.72 Å². The number of ether oxygens (including phenoxy) is 1. The number of nitrogens with one attached hydrogen (secondary N) is 2. The van der Waals surface area contributed by atoms with Gasteiger partial charge in [-0.3, -0.25) is 0 Å². The highest BCUT2D eigenvalue weighted by molar-refractivity contribution is 5.70. The Morgan fingerprint density at radius 1 is 1.32 bits per heavy atom. The first kappa shape index (κ1) is 18.8. The zero-order valence-electron chi connectivity index (χ0n) is 17.1. The molecule has 28 heavy (non-hydrogen) atoms. The molecule has 0 saturated carbocycles. The van der Waals surface area contributed by atoms with E-state index in [1.54, 1.807) is 0 Å². The van der Waals surface area contributed by atoms with Gasteiger partial charge >= 0.3 is 0 Å². The molecule has 2 aliphatic rings. The van der Waals surface area contributed by atoms with Crippen LogP contribution in [0.1, 0.15) is 42.7 Å². The Labute approximate surface area is 167 Å².